The molecule has 2 amide bonds. The average molecular weight is 332 g/mol. The molecular formula is C18H24N2O4. The van der Waals surface area contributed by atoms with Gasteiger partial charge in [0.1, 0.15) is 0 Å². The molecule has 0 saturated heterocycles. The minimum absolute atomic E-state index is 0.105. The number of benzene rings is 1. The van der Waals surface area contributed by atoms with Crippen molar-refractivity contribution in [2.75, 3.05) is 19.0 Å². The first-order valence-corrected chi connectivity index (χ1v) is 8.25. The topological polar surface area (TPSA) is 84.5 Å². The van der Waals surface area contributed by atoms with Gasteiger partial charge in [0.05, 0.1) is 13.0 Å². The summed E-state index contributed by atoms with van der Waals surface area (Å²) in [4.78, 5) is 35.3. The molecule has 1 aromatic rings. The molecule has 0 spiro atoms. The normalized spacial score (nSPS) is 20.1. The summed E-state index contributed by atoms with van der Waals surface area (Å²) in [5.41, 5.74) is 1.06. The van der Waals surface area contributed by atoms with Crippen LogP contribution in [0.1, 0.15) is 43.0 Å². The van der Waals surface area contributed by atoms with Crippen molar-refractivity contribution in [3.8, 4) is 0 Å². The van der Waals surface area contributed by atoms with Crippen molar-refractivity contribution in [3.63, 3.8) is 0 Å². The molecule has 130 valence electrons. The molecule has 2 unspecified atom stereocenters. The van der Waals surface area contributed by atoms with Crippen molar-refractivity contribution in [2.24, 2.45) is 11.8 Å². The molecule has 0 radical (unpaired) electrons. The standard InChI is InChI=1S/C18H24N2O4/c1-12(21)20-15-8-5-7-13(10-15)17(22)19-11-14-6-3-4-9-16(14)18(23)24-2/h5,7-8,10,14,16H,3-4,6,9,11H2,1-2H3,(H,19,22)(H,20,21). The quantitative estimate of drug-likeness (QED) is 0.811. The Kier molecular flexibility index (Phi) is 6.35. The summed E-state index contributed by atoms with van der Waals surface area (Å²) in [5, 5.41) is 5.55. The summed E-state index contributed by atoms with van der Waals surface area (Å²) < 4.78 is 4.87. The van der Waals surface area contributed by atoms with Gasteiger partial charge in [0.25, 0.3) is 5.91 Å². The van der Waals surface area contributed by atoms with Crippen LogP contribution >= 0.6 is 0 Å². The van der Waals surface area contributed by atoms with Crippen LogP contribution in [-0.4, -0.2) is 31.4 Å². The second-order valence-electron chi connectivity index (χ2n) is 6.15. The predicted molar refractivity (Wildman–Crippen MR) is 90.5 cm³/mol. The van der Waals surface area contributed by atoms with Gasteiger partial charge in [-0.2, -0.15) is 0 Å². The van der Waals surface area contributed by atoms with Gasteiger partial charge in [-0.25, -0.2) is 0 Å². The fraction of sp³-hybridized carbons (Fsp3) is 0.500. The van der Waals surface area contributed by atoms with Gasteiger partial charge in [-0.3, -0.25) is 14.4 Å². The number of ether oxygens (including phenoxy) is 1. The van der Waals surface area contributed by atoms with Crippen LogP contribution in [0.4, 0.5) is 5.69 Å². The Balaban J connectivity index is 1.96. The third-order valence-electron chi connectivity index (χ3n) is 4.38. The molecule has 6 heteroatoms. The van der Waals surface area contributed by atoms with Gasteiger partial charge in [-0.05, 0) is 37.0 Å². The molecule has 1 aromatic carbocycles. The van der Waals surface area contributed by atoms with Crippen LogP contribution in [0.5, 0.6) is 0 Å². The lowest BCUT2D eigenvalue weighted by Gasteiger charge is -2.29. The molecule has 24 heavy (non-hydrogen) atoms. The van der Waals surface area contributed by atoms with Gasteiger partial charge in [-0.1, -0.05) is 18.9 Å². The molecule has 0 aromatic heterocycles. The third-order valence-corrected chi connectivity index (χ3v) is 4.38. The van der Waals surface area contributed by atoms with Gasteiger partial charge in [-0.15, -0.1) is 0 Å². The van der Waals surface area contributed by atoms with Crippen molar-refractivity contribution < 1.29 is 19.1 Å². The number of carbonyl (C=O) groups is 3. The minimum Gasteiger partial charge on any atom is -0.469 e. The largest absolute Gasteiger partial charge is 0.469 e. The van der Waals surface area contributed by atoms with Gasteiger partial charge in [0.2, 0.25) is 5.91 Å². The summed E-state index contributed by atoms with van der Waals surface area (Å²) >= 11 is 0. The van der Waals surface area contributed by atoms with Crippen molar-refractivity contribution >= 4 is 23.5 Å². The Morgan fingerprint density at radius 3 is 2.67 bits per heavy atom. The maximum absolute atomic E-state index is 12.3. The molecule has 1 aliphatic rings. The maximum Gasteiger partial charge on any atom is 0.309 e. The van der Waals surface area contributed by atoms with E-state index in [1.807, 2.05) is 0 Å². The Labute approximate surface area is 142 Å². The molecule has 0 bridgehead atoms. The zero-order valence-corrected chi connectivity index (χ0v) is 14.1. The van der Waals surface area contributed by atoms with Crippen LogP contribution in [0, 0.1) is 11.8 Å². The van der Waals surface area contributed by atoms with Crippen molar-refractivity contribution in [1.29, 1.82) is 0 Å². The van der Waals surface area contributed by atoms with E-state index in [-0.39, 0.29) is 29.6 Å². The predicted octanol–water partition coefficient (Wildman–Crippen LogP) is 2.35. The van der Waals surface area contributed by atoms with Gasteiger partial charge in [0.15, 0.2) is 0 Å². The van der Waals surface area contributed by atoms with E-state index in [2.05, 4.69) is 10.6 Å². The lowest BCUT2D eigenvalue weighted by molar-refractivity contribution is -0.148. The van der Waals surface area contributed by atoms with E-state index in [4.69, 9.17) is 4.74 Å². The van der Waals surface area contributed by atoms with Gasteiger partial charge >= 0.3 is 5.97 Å². The summed E-state index contributed by atoms with van der Waals surface area (Å²) in [6.45, 7) is 1.87. The van der Waals surface area contributed by atoms with E-state index in [1.54, 1.807) is 24.3 Å². The summed E-state index contributed by atoms with van der Waals surface area (Å²) in [5.74, 6) is -0.628. The second kappa shape index (κ2) is 8.47. The van der Waals surface area contributed by atoms with Crippen molar-refractivity contribution in [2.45, 2.75) is 32.6 Å². The molecule has 6 nitrogen and oxygen atoms in total. The number of carbonyl (C=O) groups excluding carboxylic acids is 3. The highest BCUT2D eigenvalue weighted by molar-refractivity contribution is 5.96. The third kappa shape index (κ3) is 4.81. The van der Waals surface area contributed by atoms with Crippen molar-refractivity contribution in [1.82, 2.24) is 5.32 Å². The lowest BCUT2D eigenvalue weighted by atomic mass is 9.79. The first kappa shape index (κ1) is 18.0. The molecule has 1 saturated carbocycles. The summed E-state index contributed by atoms with van der Waals surface area (Å²) in [6, 6.07) is 6.78. The Morgan fingerprint density at radius 2 is 1.96 bits per heavy atom. The fourth-order valence-corrected chi connectivity index (χ4v) is 3.18. The number of nitrogens with one attached hydrogen (secondary N) is 2. The number of anilines is 1. The first-order valence-electron chi connectivity index (χ1n) is 8.25. The molecule has 0 aliphatic heterocycles. The average Bonchev–Trinajstić information content (AvgIpc) is 2.59. The zero-order chi connectivity index (χ0) is 17.5. The first-order chi connectivity index (χ1) is 11.5. The van der Waals surface area contributed by atoms with Crippen LogP contribution in [-0.2, 0) is 14.3 Å². The number of amides is 2. The highest BCUT2D eigenvalue weighted by Crippen LogP contribution is 2.30. The molecule has 2 atom stereocenters. The van der Waals surface area contributed by atoms with Crippen LogP contribution in [0.15, 0.2) is 24.3 Å². The van der Waals surface area contributed by atoms with E-state index in [1.165, 1.54) is 14.0 Å². The van der Waals surface area contributed by atoms with Gasteiger partial charge < -0.3 is 15.4 Å². The zero-order valence-electron chi connectivity index (χ0n) is 14.1. The van der Waals surface area contributed by atoms with Crippen LogP contribution in [0.2, 0.25) is 0 Å². The minimum atomic E-state index is -0.212. The molecule has 2 N–H and O–H groups in total. The summed E-state index contributed by atoms with van der Waals surface area (Å²) in [6.07, 6.45) is 3.80. The molecule has 1 fully saturated rings. The second-order valence-corrected chi connectivity index (χ2v) is 6.15. The van der Waals surface area contributed by atoms with E-state index in [9.17, 15) is 14.4 Å². The smallest absolute Gasteiger partial charge is 0.309 e. The van der Waals surface area contributed by atoms with Gasteiger partial charge in [0, 0.05) is 24.7 Å². The van der Waals surface area contributed by atoms with Crippen LogP contribution < -0.4 is 10.6 Å². The van der Waals surface area contributed by atoms with Crippen molar-refractivity contribution in [3.05, 3.63) is 29.8 Å². The Hall–Kier alpha value is -2.37. The SMILES string of the molecule is COC(=O)C1CCCCC1CNC(=O)c1cccc(NC(C)=O)c1. The maximum atomic E-state index is 12.3. The van der Waals surface area contributed by atoms with E-state index in [0.717, 1.165) is 25.7 Å². The molecule has 1 aliphatic carbocycles. The number of rotatable bonds is 5. The monoisotopic (exact) mass is 332 g/mol. The Morgan fingerprint density at radius 1 is 1.21 bits per heavy atom. The fourth-order valence-electron chi connectivity index (χ4n) is 3.18. The highest BCUT2D eigenvalue weighted by Gasteiger charge is 2.31. The number of hydrogen-bond donors (Lipinski definition) is 2. The number of esters is 1. The summed E-state index contributed by atoms with van der Waals surface area (Å²) in [7, 11) is 1.40. The van der Waals surface area contributed by atoms with Crippen LogP contribution in [0.3, 0.4) is 0 Å². The number of hydrogen-bond acceptors (Lipinski definition) is 4. The lowest BCUT2D eigenvalue weighted by Crippen LogP contribution is -2.37. The highest BCUT2D eigenvalue weighted by atomic mass is 16.5. The molecule has 0 heterocycles. The molecule has 2 rings (SSSR count). The van der Waals surface area contributed by atoms with Crippen LogP contribution in [0.25, 0.3) is 0 Å². The van der Waals surface area contributed by atoms with E-state index < -0.39 is 0 Å². The molecular weight excluding hydrogens is 308 g/mol. The van der Waals surface area contributed by atoms with E-state index in [0.29, 0.717) is 17.8 Å². The Bertz CT molecular complexity index is 615. The van der Waals surface area contributed by atoms with E-state index >= 15 is 0 Å². The number of methoxy groups -OCH3 is 1.